The fourth-order valence-corrected chi connectivity index (χ4v) is 4.11. The van der Waals surface area contributed by atoms with Gasteiger partial charge < -0.3 is 10.2 Å². The van der Waals surface area contributed by atoms with Crippen LogP contribution in [-0.4, -0.2) is 28.7 Å². The summed E-state index contributed by atoms with van der Waals surface area (Å²) in [5, 5.41) is 19.0. The minimum absolute atomic E-state index is 0.0109. The van der Waals surface area contributed by atoms with E-state index >= 15 is 0 Å². The van der Waals surface area contributed by atoms with Crippen LogP contribution in [0.1, 0.15) is 70.6 Å². The van der Waals surface area contributed by atoms with Crippen LogP contribution in [0.3, 0.4) is 0 Å². The molecule has 2 aliphatic carbocycles. The van der Waals surface area contributed by atoms with E-state index in [1.165, 1.54) is 32.1 Å². The molecule has 2 saturated carbocycles. The van der Waals surface area contributed by atoms with Gasteiger partial charge in [0.1, 0.15) is 5.78 Å². The fourth-order valence-electron chi connectivity index (χ4n) is 4.11. The summed E-state index contributed by atoms with van der Waals surface area (Å²) < 4.78 is 0. The van der Waals surface area contributed by atoms with E-state index < -0.39 is 6.10 Å². The molecule has 2 fully saturated rings. The number of carbonyl (C=O) groups excluding carboxylic acids is 1. The van der Waals surface area contributed by atoms with Crippen LogP contribution in [-0.2, 0) is 4.79 Å². The van der Waals surface area contributed by atoms with Crippen molar-refractivity contribution in [1.29, 1.82) is 0 Å². The van der Waals surface area contributed by atoms with E-state index in [2.05, 4.69) is 24.3 Å². The highest BCUT2D eigenvalue weighted by Crippen LogP contribution is 2.34. The maximum Gasteiger partial charge on any atom is 0.139 e. The van der Waals surface area contributed by atoms with Crippen molar-refractivity contribution in [3.8, 4) is 0 Å². The highest BCUT2D eigenvalue weighted by molar-refractivity contribution is 5.84. The van der Waals surface area contributed by atoms with Crippen LogP contribution in [0.5, 0.6) is 0 Å². The van der Waals surface area contributed by atoms with E-state index in [1.807, 2.05) is 0 Å². The smallest absolute Gasteiger partial charge is 0.139 e. The Labute approximate surface area is 146 Å². The molecule has 136 valence electrons. The molecule has 2 aliphatic rings. The van der Waals surface area contributed by atoms with Gasteiger partial charge in [-0.25, -0.2) is 0 Å². The third-order valence-corrected chi connectivity index (χ3v) is 5.62. The molecule has 24 heavy (non-hydrogen) atoms. The highest BCUT2D eigenvalue weighted by Gasteiger charge is 2.39. The molecule has 2 rings (SSSR count). The number of ketones is 1. The molecule has 0 unspecified atom stereocenters. The van der Waals surface area contributed by atoms with Crippen molar-refractivity contribution in [3.05, 3.63) is 24.3 Å². The number of rotatable bonds is 9. The van der Waals surface area contributed by atoms with Gasteiger partial charge in [-0.3, -0.25) is 4.79 Å². The Kier molecular flexibility index (Phi) is 8.76. The molecule has 0 aromatic rings. The number of unbranched alkanes of at least 4 members (excludes halogenated alkanes) is 2. The number of carbonyl (C=O) groups is 1. The standard InChI is InChI=1S/C21H34O3/c22-15-8-3-1-2-7-13-18-19(21(24)16-20(18)23)14-9-12-17-10-5-4-6-11-17/h2,7,9,14,17-19,21-22,24H,1,3-6,8,10-13,15-16H2/b7-2-,14-9+/t18-,19-,21-/m1/s1. The van der Waals surface area contributed by atoms with E-state index in [0.29, 0.717) is 6.42 Å². The van der Waals surface area contributed by atoms with Crippen molar-refractivity contribution in [3.63, 3.8) is 0 Å². The third kappa shape index (κ3) is 6.18. The largest absolute Gasteiger partial charge is 0.396 e. The molecule has 0 spiro atoms. The van der Waals surface area contributed by atoms with Crippen molar-refractivity contribution in [2.45, 2.75) is 76.7 Å². The van der Waals surface area contributed by atoms with Crippen LogP contribution < -0.4 is 0 Å². The van der Waals surface area contributed by atoms with Crippen LogP contribution in [0.25, 0.3) is 0 Å². The van der Waals surface area contributed by atoms with Crippen molar-refractivity contribution >= 4 is 5.78 Å². The number of aliphatic hydroxyl groups is 2. The SMILES string of the molecule is O=C1C[C@@H](O)[C@H](/C=C/CC2CCCCC2)[C@H]1C/C=C\CCCCO. The average molecular weight is 335 g/mol. The van der Waals surface area contributed by atoms with Crippen LogP contribution in [0.2, 0.25) is 0 Å². The van der Waals surface area contributed by atoms with Crippen molar-refractivity contribution in [2.75, 3.05) is 6.61 Å². The fraction of sp³-hybridized carbons (Fsp3) is 0.762. The van der Waals surface area contributed by atoms with Gasteiger partial charge in [-0.05, 0) is 38.0 Å². The monoisotopic (exact) mass is 334 g/mol. The molecule has 0 heterocycles. The van der Waals surface area contributed by atoms with Crippen LogP contribution in [0.15, 0.2) is 24.3 Å². The molecule has 0 amide bonds. The molecule has 0 aromatic carbocycles. The van der Waals surface area contributed by atoms with E-state index in [0.717, 1.165) is 38.0 Å². The first-order valence-electron chi connectivity index (χ1n) is 9.85. The lowest BCUT2D eigenvalue weighted by atomic mass is 9.85. The Balaban J connectivity index is 1.80. The summed E-state index contributed by atoms with van der Waals surface area (Å²) in [6, 6.07) is 0. The Morgan fingerprint density at radius 3 is 2.54 bits per heavy atom. The zero-order valence-corrected chi connectivity index (χ0v) is 14.9. The first-order valence-corrected chi connectivity index (χ1v) is 9.85. The lowest BCUT2D eigenvalue weighted by Gasteiger charge is -2.20. The van der Waals surface area contributed by atoms with Crippen LogP contribution in [0, 0.1) is 17.8 Å². The summed E-state index contributed by atoms with van der Waals surface area (Å²) in [7, 11) is 0. The second-order valence-electron chi connectivity index (χ2n) is 7.52. The Morgan fingerprint density at radius 2 is 1.79 bits per heavy atom. The summed E-state index contributed by atoms with van der Waals surface area (Å²) in [6.07, 6.45) is 19.7. The predicted octanol–water partition coefficient (Wildman–Crippen LogP) is 4.19. The average Bonchev–Trinajstić information content (AvgIpc) is 2.85. The minimum atomic E-state index is -0.507. The van der Waals surface area contributed by atoms with Gasteiger partial charge >= 0.3 is 0 Å². The summed E-state index contributed by atoms with van der Waals surface area (Å²) in [6.45, 7) is 0.245. The topological polar surface area (TPSA) is 57.5 Å². The minimum Gasteiger partial charge on any atom is -0.396 e. The molecular weight excluding hydrogens is 300 g/mol. The lowest BCUT2D eigenvalue weighted by molar-refractivity contribution is -0.121. The lowest BCUT2D eigenvalue weighted by Crippen LogP contribution is -2.18. The van der Waals surface area contributed by atoms with Gasteiger partial charge in [-0.15, -0.1) is 0 Å². The zero-order valence-electron chi connectivity index (χ0n) is 14.9. The molecule has 3 heteroatoms. The van der Waals surface area contributed by atoms with E-state index in [1.54, 1.807) is 0 Å². The molecule has 0 aromatic heterocycles. The van der Waals surface area contributed by atoms with Gasteiger partial charge in [-0.2, -0.15) is 0 Å². The summed E-state index contributed by atoms with van der Waals surface area (Å²) >= 11 is 0. The molecule has 0 radical (unpaired) electrons. The van der Waals surface area contributed by atoms with Crippen LogP contribution >= 0.6 is 0 Å². The second-order valence-corrected chi connectivity index (χ2v) is 7.52. The summed E-state index contributed by atoms with van der Waals surface area (Å²) in [5.74, 6) is 0.934. The first kappa shape index (κ1) is 19.4. The van der Waals surface area contributed by atoms with Gasteiger partial charge in [0.05, 0.1) is 6.10 Å². The van der Waals surface area contributed by atoms with Gasteiger partial charge in [-0.1, -0.05) is 56.4 Å². The summed E-state index contributed by atoms with van der Waals surface area (Å²) in [5.41, 5.74) is 0. The maximum atomic E-state index is 12.2. The van der Waals surface area contributed by atoms with Gasteiger partial charge in [0.2, 0.25) is 0 Å². The zero-order chi connectivity index (χ0) is 17.2. The Morgan fingerprint density at radius 1 is 1.00 bits per heavy atom. The molecular formula is C21H34O3. The number of aliphatic hydroxyl groups excluding tert-OH is 2. The quantitative estimate of drug-likeness (QED) is 0.491. The molecule has 0 saturated heterocycles. The third-order valence-electron chi connectivity index (χ3n) is 5.62. The molecule has 0 bridgehead atoms. The van der Waals surface area contributed by atoms with Gasteiger partial charge in [0.25, 0.3) is 0 Å². The van der Waals surface area contributed by atoms with Crippen molar-refractivity contribution in [2.24, 2.45) is 17.8 Å². The number of Topliss-reactive ketones (excluding diaryl/α,β-unsaturated/α-hetero) is 1. The molecule has 2 N–H and O–H groups in total. The van der Waals surface area contributed by atoms with Gasteiger partial charge in [0.15, 0.2) is 0 Å². The van der Waals surface area contributed by atoms with E-state index in [-0.39, 0.29) is 24.2 Å². The normalized spacial score (nSPS) is 29.2. The number of hydrogen-bond donors (Lipinski definition) is 2. The Bertz CT molecular complexity index is 421. The van der Waals surface area contributed by atoms with Crippen molar-refractivity contribution in [1.82, 2.24) is 0 Å². The molecule has 0 aliphatic heterocycles. The number of hydrogen-bond acceptors (Lipinski definition) is 3. The second kappa shape index (κ2) is 10.8. The summed E-state index contributed by atoms with van der Waals surface area (Å²) in [4.78, 5) is 12.2. The molecule has 3 nitrogen and oxygen atoms in total. The molecule has 3 atom stereocenters. The Hall–Kier alpha value is -0.930. The first-order chi connectivity index (χ1) is 11.7. The van der Waals surface area contributed by atoms with E-state index in [9.17, 15) is 9.90 Å². The number of allylic oxidation sites excluding steroid dienone is 3. The highest BCUT2D eigenvalue weighted by atomic mass is 16.3. The predicted molar refractivity (Wildman–Crippen MR) is 97.6 cm³/mol. The maximum absolute atomic E-state index is 12.2. The van der Waals surface area contributed by atoms with Crippen molar-refractivity contribution < 1.29 is 15.0 Å². The van der Waals surface area contributed by atoms with E-state index in [4.69, 9.17) is 5.11 Å². The van der Waals surface area contributed by atoms with Gasteiger partial charge in [0, 0.05) is 24.9 Å². The van der Waals surface area contributed by atoms with Crippen LogP contribution in [0.4, 0.5) is 0 Å².